The molecule has 0 aromatic rings. The van der Waals surface area contributed by atoms with Crippen LogP contribution >= 0.6 is 0 Å². The minimum atomic E-state index is 0.129. The lowest BCUT2D eigenvalue weighted by Gasteiger charge is -2.24. The van der Waals surface area contributed by atoms with Crippen LogP contribution in [0.5, 0.6) is 0 Å². The van der Waals surface area contributed by atoms with Crippen molar-refractivity contribution < 1.29 is 9.53 Å². The van der Waals surface area contributed by atoms with E-state index in [-0.39, 0.29) is 18.0 Å². The number of morpholine rings is 1. The van der Waals surface area contributed by atoms with Crippen molar-refractivity contribution in [3.63, 3.8) is 0 Å². The first-order valence-corrected chi connectivity index (χ1v) is 6.72. The number of hydrogen-bond donors (Lipinski definition) is 2. The third-order valence-electron chi connectivity index (χ3n) is 3.29. The summed E-state index contributed by atoms with van der Waals surface area (Å²) in [5, 5.41) is 6.35. The molecule has 0 radical (unpaired) electrons. The van der Waals surface area contributed by atoms with Gasteiger partial charge in [0.25, 0.3) is 0 Å². The summed E-state index contributed by atoms with van der Waals surface area (Å²) >= 11 is 0. The minimum Gasteiger partial charge on any atom is -0.378 e. The Morgan fingerprint density at radius 2 is 2.29 bits per heavy atom. The van der Waals surface area contributed by atoms with E-state index in [1.807, 2.05) is 0 Å². The molecule has 0 bridgehead atoms. The number of rotatable bonds is 6. The maximum atomic E-state index is 11.8. The molecular weight excluding hydrogens is 216 g/mol. The van der Waals surface area contributed by atoms with Gasteiger partial charge in [-0.15, -0.1) is 0 Å². The van der Waals surface area contributed by atoms with Crippen molar-refractivity contribution in [2.24, 2.45) is 5.92 Å². The highest BCUT2D eigenvalue weighted by molar-refractivity contribution is 5.76. The Hall–Kier alpha value is -0.610. The molecule has 3 unspecified atom stereocenters. The number of carbonyl (C=O) groups is 1. The molecule has 2 N–H and O–H groups in total. The van der Waals surface area contributed by atoms with Crippen LogP contribution in [0.3, 0.4) is 0 Å². The van der Waals surface area contributed by atoms with Crippen molar-refractivity contribution >= 4 is 5.91 Å². The molecule has 1 rings (SSSR count). The lowest BCUT2D eigenvalue weighted by Crippen LogP contribution is -2.45. The first-order valence-electron chi connectivity index (χ1n) is 6.72. The van der Waals surface area contributed by atoms with E-state index in [0.29, 0.717) is 18.9 Å². The molecule has 1 aliphatic heterocycles. The fourth-order valence-corrected chi connectivity index (χ4v) is 2.14. The molecule has 0 aromatic carbocycles. The molecule has 1 fully saturated rings. The lowest BCUT2D eigenvalue weighted by molar-refractivity contribution is -0.123. The highest BCUT2D eigenvalue weighted by Crippen LogP contribution is 2.09. The first-order chi connectivity index (χ1) is 8.11. The fourth-order valence-electron chi connectivity index (χ4n) is 2.14. The van der Waals surface area contributed by atoms with E-state index in [1.165, 1.54) is 0 Å². The Morgan fingerprint density at radius 3 is 2.88 bits per heavy atom. The van der Waals surface area contributed by atoms with Crippen molar-refractivity contribution in [3.8, 4) is 0 Å². The van der Waals surface area contributed by atoms with Crippen LogP contribution in [0, 0.1) is 5.92 Å². The standard InChI is InChI=1S/C13H26N2O2/c1-4-10(2)7-11(3)15-13(16)8-12-9-17-6-5-14-12/h10-12,14H,4-9H2,1-3H3,(H,15,16). The molecule has 0 aromatic heterocycles. The summed E-state index contributed by atoms with van der Waals surface area (Å²) in [6.45, 7) is 8.73. The molecule has 1 saturated heterocycles. The molecule has 1 amide bonds. The van der Waals surface area contributed by atoms with Crippen molar-refractivity contribution in [3.05, 3.63) is 0 Å². The first kappa shape index (κ1) is 14.5. The fraction of sp³-hybridized carbons (Fsp3) is 0.923. The zero-order chi connectivity index (χ0) is 12.7. The average molecular weight is 242 g/mol. The summed E-state index contributed by atoms with van der Waals surface area (Å²) in [4.78, 5) is 11.8. The summed E-state index contributed by atoms with van der Waals surface area (Å²) in [6, 6.07) is 0.446. The van der Waals surface area contributed by atoms with Crippen LogP contribution in [0.25, 0.3) is 0 Å². The van der Waals surface area contributed by atoms with Gasteiger partial charge in [0.05, 0.1) is 13.2 Å². The maximum absolute atomic E-state index is 11.8. The lowest BCUT2D eigenvalue weighted by atomic mass is 10.0. The van der Waals surface area contributed by atoms with Crippen LogP contribution in [0.15, 0.2) is 0 Å². The number of amides is 1. The Morgan fingerprint density at radius 1 is 1.53 bits per heavy atom. The Kier molecular flexibility index (Phi) is 6.52. The van der Waals surface area contributed by atoms with Crippen LogP contribution in [0.1, 0.15) is 40.0 Å². The third kappa shape index (κ3) is 6.03. The monoisotopic (exact) mass is 242 g/mol. The molecule has 0 spiro atoms. The molecule has 0 aliphatic carbocycles. The van der Waals surface area contributed by atoms with Gasteiger partial charge >= 0.3 is 0 Å². The minimum absolute atomic E-state index is 0.129. The van der Waals surface area contributed by atoms with E-state index < -0.39 is 0 Å². The molecule has 17 heavy (non-hydrogen) atoms. The summed E-state index contributed by atoms with van der Waals surface area (Å²) < 4.78 is 5.33. The van der Waals surface area contributed by atoms with Crippen LogP contribution in [0.2, 0.25) is 0 Å². The van der Waals surface area contributed by atoms with Gasteiger partial charge in [0.2, 0.25) is 5.91 Å². The summed E-state index contributed by atoms with van der Waals surface area (Å²) in [5.74, 6) is 0.797. The maximum Gasteiger partial charge on any atom is 0.221 e. The van der Waals surface area contributed by atoms with Gasteiger partial charge < -0.3 is 15.4 Å². The Labute approximate surface area is 104 Å². The molecule has 1 aliphatic rings. The normalized spacial score (nSPS) is 24.1. The summed E-state index contributed by atoms with van der Waals surface area (Å²) in [6.07, 6.45) is 2.74. The largest absolute Gasteiger partial charge is 0.378 e. The van der Waals surface area contributed by atoms with Crippen LogP contribution < -0.4 is 10.6 Å². The SMILES string of the molecule is CCC(C)CC(C)NC(=O)CC1COCCN1. The Bertz CT molecular complexity index is 227. The van der Waals surface area contributed by atoms with Gasteiger partial charge in [-0.25, -0.2) is 0 Å². The zero-order valence-electron chi connectivity index (χ0n) is 11.3. The molecule has 3 atom stereocenters. The summed E-state index contributed by atoms with van der Waals surface area (Å²) in [5.41, 5.74) is 0. The van der Waals surface area contributed by atoms with Crippen LogP contribution in [-0.4, -0.2) is 37.7 Å². The van der Waals surface area contributed by atoms with Gasteiger partial charge in [0, 0.05) is 25.0 Å². The van der Waals surface area contributed by atoms with Crippen molar-refractivity contribution in [2.75, 3.05) is 19.8 Å². The molecule has 4 nitrogen and oxygen atoms in total. The van der Waals surface area contributed by atoms with Gasteiger partial charge in [0.15, 0.2) is 0 Å². The Balaban J connectivity index is 2.18. The van der Waals surface area contributed by atoms with Gasteiger partial charge in [-0.05, 0) is 19.3 Å². The van der Waals surface area contributed by atoms with Crippen molar-refractivity contribution in [1.82, 2.24) is 10.6 Å². The van der Waals surface area contributed by atoms with Crippen LogP contribution in [-0.2, 0) is 9.53 Å². The summed E-state index contributed by atoms with van der Waals surface area (Å²) in [7, 11) is 0. The quantitative estimate of drug-likeness (QED) is 0.738. The second-order valence-electron chi connectivity index (χ2n) is 5.15. The highest BCUT2D eigenvalue weighted by Gasteiger charge is 2.18. The zero-order valence-corrected chi connectivity index (χ0v) is 11.3. The van der Waals surface area contributed by atoms with E-state index >= 15 is 0 Å². The van der Waals surface area contributed by atoms with E-state index in [4.69, 9.17) is 4.74 Å². The number of ether oxygens (including phenoxy) is 1. The molecule has 4 heteroatoms. The van der Waals surface area contributed by atoms with Gasteiger partial charge in [-0.2, -0.15) is 0 Å². The smallest absolute Gasteiger partial charge is 0.221 e. The highest BCUT2D eigenvalue weighted by atomic mass is 16.5. The molecule has 100 valence electrons. The van der Waals surface area contributed by atoms with Crippen LogP contribution in [0.4, 0.5) is 0 Å². The van der Waals surface area contributed by atoms with E-state index in [2.05, 4.69) is 31.4 Å². The predicted molar refractivity (Wildman–Crippen MR) is 68.9 cm³/mol. The van der Waals surface area contributed by atoms with E-state index in [1.54, 1.807) is 0 Å². The van der Waals surface area contributed by atoms with Gasteiger partial charge in [-0.3, -0.25) is 4.79 Å². The van der Waals surface area contributed by atoms with Crippen molar-refractivity contribution in [1.29, 1.82) is 0 Å². The molecule has 0 saturated carbocycles. The third-order valence-corrected chi connectivity index (χ3v) is 3.29. The van der Waals surface area contributed by atoms with E-state index in [9.17, 15) is 4.79 Å². The molecular formula is C13H26N2O2. The van der Waals surface area contributed by atoms with Gasteiger partial charge in [0.1, 0.15) is 0 Å². The topological polar surface area (TPSA) is 50.4 Å². The molecule has 1 heterocycles. The number of carbonyl (C=O) groups excluding carboxylic acids is 1. The van der Waals surface area contributed by atoms with Gasteiger partial charge in [-0.1, -0.05) is 20.3 Å². The second kappa shape index (κ2) is 7.67. The van der Waals surface area contributed by atoms with E-state index in [0.717, 1.165) is 26.0 Å². The predicted octanol–water partition coefficient (Wildman–Crippen LogP) is 1.31. The second-order valence-corrected chi connectivity index (χ2v) is 5.15. The average Bonchev–Trinajstić information content (AvgIpc) is 2.29. The number of nitrogens with one attached hydrogen (secondary N) is 2. The number of hydrogen-bond acceptors (Lipinski definition) is 3. The van der Waals surface area contributed by atoms with Crippen molar-refractivity contribution in [2.45, 2.75) is 52.1 Å².